The van der Waals surface area contributed by atoms with Gasteiger partial charge in [-0.1, -0.05) is 45.0 Å². The molecule has 4 rings (SSSR count). The van der Waals surface area contributed by atoms with Crippen molar-refractivity contribution in [2.24, 2.45) is 11.3 Å². The lowest BCUT2D eigenvalue weighted by Crippen LogP contribution is -2.28. The summed E-state index contributed by atoms with van der Waals surface area (Å²) < 4.78 is 6.59. The largest absolute Gasteiger partial charge is 0.462 e. The molecule has 2 aromatic heterocycles. The molecule has 1 aliphatic carbocycles. The number of ether oxygens (including phenoxy) is 1. The fourth-order valence-corrected chi connectivity index (χ4v) is 5.40. The molecule has 1 aromatic carbocycles. The van der Waals surface area contributed by atoms with Gasteiger partial charge in [0.05, 0.1) is 24.1 Å². The van der Waals surface area contributed by atoms with E-state index in [4.69, 9.17) is 4.74 Å². The van der Waals surface area contributed by atoms with Gasteiger partial charge in [0, 0.05) is 4.88 Å². The first kappa shape index (κ1) is 21.7. The van der Waals surface area contributed by atoms with Crippen molar-refractivity contribution in [2.45, 2.75) is 59.9 Å². The van der Waals surface area contributed by atoms with Gasteiger partial charge in [-0.3, -0.25) is 4.79 Å². The standard InChI is InChI=1S/C24H29N3O3S/c1-5-12-30-23(29)16-8-6-15(7-9-16)14-27-22(28)20-18-11-10-17(24(2,3)4)13-19(18)31-21(20)25-26-27/h6-9,17H,5,10-14H2,1-4H3. The van der Waals surface area contributed by atoms with Gasteiger partial charge in [-0.25, -0.2) is 9.48 Å². The van der Waals surface area contributed by atoms with Crippen LogP contribution in [0.1, 0.15) is 66.9 Å². The highest BCUT2D eigenvalue weighted by molar-refractivity contribution is 7.18. The van der Waals surface area contributed by atoms with Crippen molar-refractivity contribution in [1.29, 1.82) is 0 Å². The fourth-order valence-electron chi connectivity index (χ4n) is 4.17. The Morgan fingerprint density at radius 3 is 2.68 bits per heavy atom. The Labute approximate surface area is 186 Å². The van der Waals surface area contributed by atoms with E-state index in [1.54, 1.807) is 23.5 Å². The number of benzene rings is 1. The lowest BCUT2D eigenvalue weighted by molar-refractivity contribution is 0.0505. The Hall–Kier alpha value is -2.54. The van der Waals surface area contributed by atoms with E-state index in [1.165, 1.54) is 15.1 Å². The van der Waals surface area contributed by atoms with E-state index in [0.29, 0.717) is 24.6 Å². The summed E-state index contributed by atoms with van der Waals surface area (Å²) in [6, 6.07) is 7.11. The van der Waals surface area contributed by atoms with E-state index in [-0.39, 0.29) is 16.9 Å². The molecule has 0 saturated carbocycles. The first-order chi connectivity index (χ1) is 14.8. The third-order valence-corrected chi connectivity index (χ3v) is 7.26. The predicted molar refractivity (Wildman–Crippen MR) is 123 cm³/mol. The molecule has 3 aromatic rings. The number of aromatic nitrogens is 3. The summed E-state index contributed by atoms with van der Waals surface area (Å²) in [6.07, 6.45) is 3.82. The average Bonchev–Trinajstić information content (AvgIpc) is 3.12. The molecule has 1 atom stereocenters. The summed E-state index contributed by atoms with van der Waals surface area (Å²) in [7, 11) is 0. The summed E-state index contributed by atoms with van der Waals surface area (Å²) in [5, 5.41) is 9.29. The fraction of sp³-hybridized carbons (Fsp3) is 0.500. The minimum Gasteiger partial charge on any atom is -0.462 e. The van der Waals surface area contributed by atoms with Crippen LogP contribution in [0.25, 0.3) is 10.2 Å². The first-order valence-corrected chi connectivity index (χ1v) is 11.7. The Balaban J connectivity index is 1.58. The van der Waals surface area contributed by atoms with Crippen LogP contribution in [0.5, 0.6) is 0 Å². The third kappa shape index (κ3) is 4.42. The number of rotatable bonds is 5. The van der Waals surface area contributed by atoms with Gasteiger partial charge >= 0.3 is 5.97 Å². The molecule has 1 aliphatic rings. The molecular weight excluding hydrogens is 410 g/mol. The number of carbonyl (C=O) groups excluding carboxylic acids is 1. The Morgan fingerprint density at radius 2 is 2.00 bits per heavy atom. The second-order valence-corrected chi connectivity index (χ2v) is 10.5. The van der Waals surface area contributed by atoms with Gasteiger partial charge in [0.2, 0.25) is 0 Å². The molecule has 2 heterocycles. The second-order valence-electron chi connectivity index (χ2n) is 9.37. The lowest BCUT2D eigenvalue weighted by atomic mass is 9.72. The SMILES string of the molecule is CCCOC(=O)c1ccc(Cn2nnc3sc4c(c3c2=O)CCC(C(C)(C)C)C4)cc1. The molecule has 7 heteroatoms. The number of esters is 1. The Morgan fingerprint density at radius 1 is 1.26 bits per heavy atom. The normalized spacial score (nSPS) is 16.3. The predicted octanol–water partition coefficient (Wildman–Crippen LogP) is 4.62. The quantitative estimate of drug-likeness (QED) is 0.543. The molecule has 0 fully saturated rings. The maximum absolute atomic E-state index is 13.2. The summed E-state index contributed by atoms with van der Waals surface area (Å²) in [4.78, 5) is 27.2. The number of hydrogen-bond donors (Lipinski definition) is 0. The second kappa shape index (κ2) is 8.54. The van der Waals surface area contributed by atoms with Crippen LogP contribution in [-0.4, -0.2) is 27.6 Å². The summed E-state index contributed by atoms with van der Waals surface area (Å²) in [5.41, 5.74) is 2.74. The molecule has 0 saturated heterocycles. The summed E-state index contributed by atoms with van der Waals surface area (Å²) >= 11 is 1.62. The molecule has 0 amide bonds. The zero-order valence-electron chi connectivity index (χ0n) is 18.6. The van der Waals surface area contributed by atoms with Crippen LogP contribution >= 0.6 is 11.3 Å². The summed E-state index contributed by atoms with van der Waals surface area (Å²) in [5.74, 6) is 0.288. The van der Waals surface area contributed by atoms with E-state index in [2.05, 4.69) is 31.1 Å². The van der Waals surface area contributed by atoms with Crippen molar-refractivity contribution in [1.82, 2.24) is 15.0 Å². The molecule has 0 aliphatic heterocycles. The van der Waals surface area contributed by atoms with Gasteiger partial charge < -0.3 is 4.74 Å². The highest BCUT2D eigenvalue weighted by atomic mass is 32.1. The maximum Gasteiger partial charge on any atom is 0.338 e. The van der Waals surface area contributed by atoms with Gasteiger partial charge in [-0.15, -0.1) is 16.4 Å². The van der Waals surface area contributed by atoms with Gasteiger partial charge in [-0.05, 0) is 60.3 Å². The van der Waals surface area contributed by atoms with Crippen molar-refractivity contribution in [3.8, 4) is 0 Å². The number of nitrogens with zero attached hydrogens (tertiary/aromatic N) is 3. The van der Waals surface area contributed by atoms with Crippen LogP contribution in [0, 0.1) is 11.3 Å². The van der Waals surface area contributed by atoms with Gasteiger partial charge in [0.15, 0.2) is 4.83 Å². The minimum absolute atomic E-state index is 0.0804. The Kier molecular flexibility index (Phi) is 5.97. The maximum atomic E-state index is 13.2. The molecular formula is C24H29N3O3S. The minimum atomic E-state index is -0.328. The highest BCUT2D eigenvalue weighted by Gasteiger charge is 2.31. The highest BCUT2D eigenvalue weighted by Crippen LogP contribution is 2.41. The molecule has 0 spiro atoms. The molecule has 1 unspecified atom stereocenters. The number of thiophene rings is 1. The van der Waals surface area contributed by atoms with Crippen LogP contribution < -0.4 is 5.56 Å². The zero-order chi connectivity index (χ0) is 22.2. The molecule has 6 nitrogen and oxygen atoms in total. The molecule has 0 radical (unpaired) electrons. The van der Waals surface area contributed by atoms with Crippen molar-refractivity contribution >= 4 is 27.5 Å². The van der Waals surface area contributed by atoms with E-state index in [9.17, 15) is 9.59 Å². The number of fused-ring (bicyclic) bond motifs is 3. The smallest absolute Gasteiger partial charge is 0.338 e. The van der Waals surface area contributed by atoms with Crippen molar-refractivity contribution in [3.05, 3.63) is 56.2 Å². The van der Waals surface area contributed by atoms with Crippen LogP contribution in [0.15, 0.2) is 29.1 Å². The van der Waals surface area contributed by atoms with Gasteiger partial charge in [-0.2, -0.15) is 0 Å². The van der Waals surface area contributed by atoms with Crippen molar-refractivity contribution < 1.29 is 9.53 Å². The molecule has 164 valence electrons. The Bertz CT molecular complexity index is 1160. The van der Waals surface area contributed by atoms with E-state index < -0.39 is 0 Å². The van der Waals surface area contributed by atoms with Crippen LogP contribution in [0.3, 0.4) is 0 Å². The average molecular weight is 440 g/mol. The van der Waals surface area contributed by atoms with E-state index in [0.717, 1.165) is 41.5 Å². The number of aryl methyl sites for hydroxylation is 1. The summed E-state index contributed by atoms with van der Waals surface area (Å²) in [6.45, 7) is 9.56. The zero-order valence-corrected chi connectivity index (χ0v) is 19.4. The first-order valence-electron chi connectivity index (χ1n) is 10.9. The topological polar surface area (TPSA) is 74.1 Å². The van der Waals surface area contributed by atoms with E-state index in [1.807, 2.05) is 19.1 Å². The molecule has 0 bridgehead atoms. The monoisotopic (exact) mass is 439 g/mol. The van der Waals surface area contributed by atoms with Crippen molar-refractivity contribution in [3.63, 3.8) is 0 Å². The molecule has 0 N–H and O–H groups in total. The van der Waals surface area contributed by atoms with E-state index >= 15 is 0 Å². The van der Waals surface area contributed by atoms with Crippen molar-refractivity contribution in [2.75, 3.05) is 6.61 Å². The van der Waals surface area contributed by atoms with Crippen LogP contribution in [-0.2, 0) is 24.1 Å². The van der Waals surface area contributed by atoms with Gasteiger partial charge in [0.25, 0.3) is 5.56 Å². The molecule has 31 heavy (non-hydrogen) atoms. The van der Waals surface area contributed by atoms with Crippen LogP contribution in [0.4, 0.5) is 0 Å². The lowest BCUT2D eigenvalue weighted by Gasteiger charge is -2.33. The number of hydrogen-bond acceptors (Lipinski definition) is 6. The van der Waals surface area contributed by atoms with Crippen LogP contribution in [0.2, 0.25) is 0 Å². The number of carbonyl (C=O) groups is 1. The van der Waals surface area contributed by atoms with Gasteiger partial charge in [0.1, 0.15) is 0 Å². The third-order valence-electron chi connectivity index (χ3n) is 6.12.